The van der Waals surface area contributed by atoms with Crippen LogP contribution in [0.4, 0.5) is 9.18 Å². The molecule has 1 aliphatic rings. The predicted molar refractivity (Wildman–Crippen MR) is 105 cm³/mol. The molecule has 1 heterocycles. The molecule has 9 heteroatoms. The van der Waals surface area contributed by atoms with Gasteiger partial charge in [0.25, 0.3) is 11.1 Å². The van der Waals surface area contributed by atoms with Crippen LogP contribution in [0.1, 0.15) is 11.1 Å². The number of carbonyl (C=O) groups excluding carboxylic acids is 2. The highest BCUT2D eigenvalue weighted by atomic mass is 79.9. The minimum atomic E-state index is -1.10. The van der Waals surface area contributed by atoms with Crippen molar-refractivity contribution in [1.82, 2.24) is 4.90 Å². The second-order valence-electron chi connectivity index (χ2n) is 5.73. The number of thioether (sulfide) groups is 1. The van der Waals surface area contributed by atoms with E-state index < -0.39 is 29.5 Å². The molecule has 6 nitrogen and oxygen atoms in total. The Morgan fingerprint density at radius 2 is 2.00 bits per heavy atom. The summed E-state index contributed by atoms with van der Waals surface area (Å²) in [4.78, 5) is 36.5. The molecule has 0 aliphatic carbocycles. The zero-order valence-corrected chi connectivity index (χ0v) is 16.6. The van der Waals surface area contributed by atoms with Crippen molar-refractivity contribution >= 4 is 50.9 Å². The maximum absolute atomic E-state index is 13.8. The molecule has 144 valence electrons. The molecule has 0 bridgehead atoms. The molecular formula is C19H13BrFNO5S. The fourth-order valence-corrected chi connectivity index (χ4v) is 3.80. The summed E-state index contributed by atoms with van der Waals surface area (Å²) in [6.45, 7) is -0.618. The number of hydrogen-bond acceptors (Lipinski definition) is 5. The molecule has 28 heavy (non-hydrogen) atoms. The van der Waals surface area contributed by atoms with E-state index in [9.17, 15) is 18.8 Å². The van der Waals surface area contributed by atoms with E-state index >= 15 is 0 Å². The van der Waals surface area contributed by atoms with Crippen molar-refractivity contribution in [3.63, 3.8) is 0 Å². The first kappa shape index (κ1) is 20.1. The monoisotopic (exact) mass is 465 g/mol. The third-order valence-electron chi connectivity index (χ3n) is 3.76. The summed E-state index contributed by atoms with van der Waals surface area (Å²) >= 11 is 4.06. The molecule has 0 aromatic heterocycles. The van der Waals surface area contributed by atoms with Crippen LogP contribution in [0.15, 0.2) is 51.8 Å². The average Bonchev–Trinajstić information content (AvgIpc) is 2.90. The summed E-state index contributed by atoms with van der Waals surface area (Å²) in [5, 5.41) is 8.19. The van der Waals surface area contributed by atoms with Gasteiger partial charge in [0.15, 0.2) is 6.61 Å². The Bertz CT molecular complexity index is 994. The van der Waals surface area contributed by atoms with E-state index in [1.54, 1.807) is 24.3 Å². The van der Waals surface area contributed by atoms with Crippen LogP contribution in [0, 0.1) is 5.82 Å². The Hall–Kier alpha value is -2.65. The fourth-order valence-electron chi connectivity index (χ4n) is 2.45. The van der Waals surface area contributed by atoms with Gasteiger partial charge in [-0.25, -0.2) is 9.18 Å². The van der Waals surface area contributed by atoms with Gasteiger partial charge in [-0.3, -0.25) is 14.5 Å². The van der Waals surface area contributed by atoms with E-state index in [0.29, 0.717) is 15.8 Å². The lowest BCUT2D eigenvalue weighted by Gasteiger charge is -2.12. The minimum Gasteiger partial charge on any atom is -0.481 e. The lowest BCUT2D eigenvalue weighted by Crippen LogP contribution is -2.27. The highest BCUT2D eigenvalue weighted by Crippen LogP contribution is 2.35. The molecule has 0 unspecified atom stereocenters. The van der Waals surface area contributed by atoms with Crippen molar-refractivity contribution < 1.29 is 28.6 Å². The highest BCUT2D eigenvalue weighted by molar-refractivity contribution is 9.10. The smallest absolute Gasteiger partial charge is 0.341 e. The first-order chi connectivity index (χ1) is 13.3. The first-order valence-corrected chi connectivity index (χ1v) is 9.59. The van der Waals surface area contributed by atoms with E-state index in [2.05, 4.69) is 15.9 Å². The van der Waals surface area contributed by atoms with E-state index in [-0.39, 0.29) is 17.0 Å². The van der Waals surface area contributed by atoms with Gasteiger partial charge in [-0.1, -0.05) is 24.3 Å². The number of halogens is 2. The van der Waals surface area contributed by atoms with Gasteiger partial charge in [0.2, 0.25) is 0 Å². The number of ether oxygens (including phenoxy) is 1. The van der Waals surface area contributed by atoms with Crippen LogP contribution < -0.4 is 4.74 Å². The Morgan fingerprint density at radius 3 is 2.68 bits per heavy atom. The second kappa shape index (κ2) is 8.57. The molecule has 2 amide bonds. The van der Waals surface area contributed by atoms with Gasteiger partial charge in [-0.2, -0.15) is 0 Å². The number of carbonyl (C=O) groups is 3. The van der Waals surface area contributed by atoms with Crippen LogP contribution in [0.25, 0.3) is 6.08 Å². The zero-order valence-electron chi connectivity index (χ0n) is 14.2. The van der Waals surface area contributed by atoms with Crippen LogP contribution in [-0.2, 0) is 16.1 Å². The molecule has 2 aromatic rings. The van der Waals surface area contributed by atoms with Crippen molar-refractivity contribution in [2.75, 3.05) is 6.61 Å². The van der Waals surface area contributed by atoms with Gasteiger partial charge in [-0.05, 0) is 57.5 Å². The number of imide groups is 1. The van der Waals surface area contributed by atoms with Crippen molar-refractivity contribution in [3.8, 4) is 5.75 Å². The number of nitrogens with zero attached hydrogens (tertiary/aromatic N) is 1. The first-order valence-electron chi connectivity index (χ1n) is 7.98. The normalized spacial score (nSPS) is 15.4. The Morgan fingerprint density at radius 1 is 1.25 bits per heavy atom. The van der Waals surface area contributed by atoms with Crippen molar-refractivity contribution in [2.45, 2.75) is 6.54 Å². The van der Waals surface area contributed by atoms with Gasteiger partial charge in [-0.15, -0.1) is 0 Å². The van der Waals surface area contributed by atoms with Crippen LogP contribution in [0.2, 0.25) is 0 Å². The molecule has 0 spiro atoms. The summed E-state index contributed by atoms with van der Waals surface area (Å²) in [6, 6.07) is 10.8. The standard InChI is InChI=1S/C19H13BrFNO5S/c20-13-7-11(5-6-15(13)27-10-17(23)24)8-16-18(25)22(19(26)28-16)9-12-3-1-2-4-14(12)21/h1-8H,9-10H2,(H,23,24)/b16-8-. The van der Waals surface area contributed by atoms with E-state index in [4.69, 9.17) is 9.84 Å². The number of amides is 2. The maximum atomic E-state index is 13.8. The average molecular weight is 466 g/mol. The number of aliphatic carboxylic acids is 1. The molecular weight excluding hydrogens is 453 g/mol. The van der Waals surface area contributed by atoms with Crippen molar-refractivity contribution in [3.05, 3.63) is 68.8 Å². The third-order valence-corrected chi connectivity index (χ3v) is 5.29. The van der Waals surface area contributed by atoms with Crippen LogP contribution >= 0.6 is 27.7 Å². The van der Waals surface area contributed by atoms with E-state index in [0.717, 1.165) is 16.7 Å². The Balaban J connectivity index is 1.77. The van der Waals surface area contributed by atoms with Crippen LogP contribution in [0.5, 0.6) is 5.75 Å². The number of rotatable bonds is 6. The topological polar surface area (TPSA) is 83.9 Å². The van der Waals surface area contributed by atoms with Crippen molar-refractivity contribution in [2.24, 2.45) is 0 Å². The Kier molecular flexibility index (Phi) is 6.15. The summed E-state index contributed by atoms with van der Waals surface area (Å²) in [7, 11) is 0. The zero-order chi connectivity index (χ0) is 20.3. The summed E-state index contributed by atoms with van der Waals surface area (Å²) in [6.07, 6.45) is 1.54. The number of hydrogen-bond donors (Lipinski definition) is 1. The largest absolute Gasteiger partial charge is 0.481 e. The maximum Gasteiger partial charge on any atom is 0.341 e. The number of benzene rings is 2. The molecule has 1 N–H and O–H groups in total. The van der Waals surface area contributed by atoms with E-state index in [1.165, 1.54) is 24.3 Å². The van der Waals surface area contributed by atoms with Gasteiger partial charge in [0, 0.05) is 5.56 Å². The van der Waals surface area contributed by atoms with Crippen molar-refractivity contribution in [1.29, 1.82) is 0 Å². The van der Waals surface area contributed by atoms with E-state index in [1.807, 2.05) is 0 Å². The minimum absolute atomic E-state index is 0.139. The molecule has 1 fully saturated rings. The number of carboxylic acids is 1. The lowest BCUT2D eigenvalue weighted by atomic mass is 10.2. The number of carboxylic acid groups (broad SMARTS) is 1. The third kappa shape index (κ3) is 4.60. The molecule has 2 aromatic carbocycles. The Labute approximate surface area is 172 Å². The summed E-state index contributed by atoms with van der Waals surface area (Å²) in [5.41, 5.74) is 0.875. The van der Waals surface area contributed by atoms with Crippen LogP contribution in [-0.4, -0.2) is 33.7 Å². The lowest BCUT2D eigenvalue weighted by molar-refractivity contribution is -0.139. The van der Waals surface area contributed by atoms with Crippen LogP contribution in [0.3, 0.4) is 0 Å². The molecule has 0 radical (unpaired) electrons. The summed E-state index contributed by atoms with van der Waals surface area (Å²) in [5.74, 6) is -1.74. The predicted octanol–water partition coefficient (Wildman–Crippen LogP) is 4.29. The van der Waals surface area contributed by atoms with Gasteiger partial charge in [0.1, 0.15) is 11.6 Å². The second-order valence-corrected chi connectivity index (χ2v) is 7.58. The van der Waals surface area contributed by atoms with Gasteiger partial charge >= 0.3 is 5.97 Å². The van der Waals surface area contributed by atoms with Gasteiger partial charge < -0.3 is 9.84 Å². The molecule has 1 saturated heterocycles. The SMILES string of the molecule is O=C(O)COc1ccc(/C=C2\SC(=O)N(Cc3ccccc3F)C2=O)cc1Br. The quantitative estimate of drug-likeness (QED) is 0.640. The van der Waals surface area contributed by atoms with Gasteiger partial charge in [0.05, 0.1) is 15.9 Å². The molecule has 0 saturated carbocycles. The fraction of sp³-hybridized carbons (Fsp3) is 0.105. The highest BCUT2D eigenvalue weighted by Gasteiger charge is 2.35. The molecule has 3 rings (SSSR count). The molecule has 0 atom stereocenters. The summed E-state index contributed by atoms with van der Waals surface area (Å²) < 4.78 is 19.4. The molecule has 1 aliphatic heterocycles.